The molecule has 3 rings (SSSR count). The summed E-state index contributed by atoms with van der Waals surface area (Å²) in [6.45, 7) is 6.80. The van der Waals surface area contributed by atoms with Gasteiger partial charge in [-0.3, -0.25) is 4.79 Å². The summed E-state index contributed by atoms with van der Waals surface area (Å²) < 4.78 is 23.8. The molecule has 9 nitrogen and oxygen atoms in total. The molecule has 2 heterocycles. The molecule has 1 unspecified atom stereocenters. The molecule has 1 saturated heterocycles. The maximum absolute atomic E-state index is 13.4. The fourth-order valence-corrected chi connectivity index (χ4v) is 3.68. The quantitative estimate of drug-likeness (QED) is 0.677. The number of nitrogens with zero attached hydrogens (tertiary/aromatic N) is 4. The molecule has 0 saturated carbocycles. The second-order valence-electron chi connectivity index (χ2n) is 8.79. The molecule has 1 N–H and O–H groups in total. The van der Waals surface area contributed by atoms with Crippen molar-refractivity contribution in [3.8, 4) is 0 Å². The first-order chi connectivity index (χ1) is 15.6. The average molecular weight is 461 g/mol. The smallest absolute Gasteiger partial charge is 0.410 e. The fraction of sp³-hybridized carbons (Fsp3) is 0.478. The third kappa shape index (κ3) is 5.22. The van der Waals surface area contributed by atoms with Crippen LogP contribution in [0.2, 0.25) is 0 Å². The van der Waals surface area contributed by atoms with Crippen LogP contribution in [0.15, 0.2) is 36.7 Å². The highest BCUT2D eigenvalue weighted by Crippen LogP contribution is 2.33. The standard InChI is InChI=1S/C23H29FN4O5/c1-22(2,3)33-21(31)28-11-9-27(10-12-28)20-25-13-17(14-26-20)23(15-29,19(30)32-4)16-5-7-18(24)8-6-16/h5-8,13-14,29H,9-12,15H2,1-4H3. The van der Waals surface area contributed by atoms with Gasteiger partial charge in [-0.1, -0.05) is 12.1 Å². The Hall–Kier alpha value is -3.27. The van der Waals surface area contributed by atoms with Gasteiger partial charge >= 0.3 is 12.1 Å². The number of hydrogen-bond donors (Lipinski definition) is 1. The summed E-state index contributed by atoms with van der Waals surface area (Å²) in [5.74, 6) is -0.745. The number of aliphatic hydroxyl groups is 1. The summed E-state index contributed by atoms with van der Waals surface area (Å²) in [5.41, 5.74) is -1.47. The molecule has 2 aromatic rings. The largest absolute Gasteiger partial charge is 0.468 e. The molecule has 10 heteroatoms. The molecule has 178 valence electrons. The van der Waals surface area contributed by atoms with E-state index in [1.165, 1.54) is 43.8 Å². The number of hydrogen-bond acceptors (Lipinski definition) is 8. The molecule has 1 aromatic carbocycles. The van der Waals surface area contributed by atoms with E-state index >= 15 is 0 Å². The molecule has 0 radical (unpaired) electrons. The van der Waals surface area contributed by atoms with Crippen LogP contribution >= 0.6 is 0 Å². The van der Waals surface area contributed by atoms with Crippen LogP contribution in [0, 0.1) is 5.82 Å². The van der Waals surface area contributed by atoms with E-state index in [9.17, 15) is 19.1 Å². The molecule has 1 aliphatic heterocycles. The molecular weight excluding hydrogens is 431 g/mol. The molecule has 33 heavy (non-hydrogen) atoms. The first-order valence-electron chi connectivity index (χ1n) is 10.6. The molecule has 1 atom stereocenters. The van der Waals surface area contributed by atoms with E-state index in [1.54, 1.807) is 4.90 Å². The van der Waals surface area contributed by atoms with Crippen molar-refractivity contribution in [3.63, 3.8) is 0 Å². The number of ether oxygens (including phenoxy) is 2. The summed E-state index contributed by atoms with van der Waals surface area (Å²) in [5, 5.41) is 10.2. The zero-order chi connectivity index (χ0) is 24.2. The Morgan fingerprint density at radius 3 is 2.09 bits per heavy atom. The van der Waals surface area contributed by atoms with Gasteiger partial charge in [-0.2, -0.15) is 0 Å². The molecule has 1 aliphatic rings. The number of aliphatic hydroxyl groups excluding tert-OH is 1. The average Bonchev–Trinajstić information content (AvgIpc) is 2.80. The highest BCUT2D eigenvalue weighted by Gasteiger charge is 2.44. The Balaban J connectivity index is 1.79. The van der Waals surface area contributed by atoms with E-state index in [2.05, 4.69) is 9.97 Å². The highest BCUT2D eigenvalue weighted by molar-refractivity contribution is 5.87. The van der Waals surface area contributed by atoms with Crippen LogP contribution in [0.25, 0.3) is 0 Å². The number of anilines is 1. The SMILES string of the molecule is COC(=O)C(CO)(c1ccc(F)cc1)c1cnc(N2CCN(C(=O)OC(C)(C)C)CC2)nc1. The van der Waals surface area contributed by atoms with Crippen LogP contribution < -0.4 is 4.90 Å². The van der Waals surface area contributed by atoms with E-state index in [4.69, 9.17) is 9.47 Å². The fourth-order valence-electron chi connectivity index (χ4n) is 3.68. The van der Waals surface area contributed by atoms with Gasteiger partial charge in [-0.25, -0.2) is 19.2 Å². The number of esters is 1. The maximum Gasteiger partial charge on any atom is 0.410 e. The van der Waals surface area contributed by atoms with Gasteiger partial charge in [0.25, 0.3) is 0 Å². The number of rotatable bonds is 5. The third-order valence-corrected chi connectivity index (χ3v) is 5.45. The van der Waals surface area contributed by atoms with Crippen LogP contribution in [0.5, 0.6) is 0 Å². The predicted octanol–water partition coefficient (Wildman–Crippen LogP) is 2.12. The first kappa shape index (κ1) is 24.4. The van der Waals surface area contributed by atoms with Crippen LogP contribution in [0.1, 0.15) is 31.9 Å². The zero-order valence-corrected chi connectivity index (χ0v) is 19.2. The Kier molecular flexibility index (Phi) is 7.16. The van der Waals surface area contributed by atoms with E-state index < -0.39 is 29.4 Å². The molecule has 0 spiro atoms. The number of carbonyl (C=O) groups is 2. The molecule has 0 aliphatic carbocycles. The number of carbonyl (C=O) groups excluding carboxylic acids is 2. The summed E-state index contributed by atoms with van der Waals surface area (Å²) in [7, 11) is 1.22. The number of piperazine rings is 1. The van der Waals surface area contributed by atoms with Gasteiger partial charge in [0.05, 0.1) is 13.7 Å². The van der Waals surface area contributed by atoms with Gasteiger partial charge in [0.1, 0.15) is 16.8 Å². The lowest BCUT2D eigenvalue weighted by Crippen LogP contribution is -2.50. The van der Waals surface area contributed by atoms with Crippen molar-refractivity contribution in [2.24, 2.45) is 0 Å². The number of methoxy groups -OCH3 is 1. The van der Waals surface area contributed by atoms with Crippen molar-refractivity contribution in [1.29, 1.82) is 0 Å². The van der Waals surface area contributed by atoms with Crippen molar-refractivity contribution < 1.29 is 28.6 Å². The normalized spacial score (nSPS) is 16.2. The Bertz CT molecular complexity index is 970. The van der Waals surface area contributed by atoms with Gasteiger partial charge in [0.15, 0.2) is 0 Å². The van der Waals surface area contributed by atoms with Crippen LogP contribution in [-0.4, -0.2) is 77.5 Å². The van der Waals surface area contributed by atoms with Gasteiger partial charge in [0, 0.05) is 44.1 Å². The van der Waals surface area contributed by atoms with E-state index in [-0.39, 0.29) is 6.09 Å². The van der Waals surface area contributed by atoms with Gasteiger partial charge in [0.2, 0.25) is 5.95 Å². The van der Waals surface area contributed by atoms with Crippen molar-refractivity contribution >= 4 is 18.0 Å². The monoisotopic (exact) mass is 460 g/mol. The van der Waals surface area contributed by atoms with Crippen molar-refractivity contribution in [2.45, 2.75) is 31.8 Å². The molecular formula is C23H29FN4O5. The van der Waals surface area contributed by atoms with Gasteiger partial charge < -0.3 is 24.4 Å². The van der Waals surface area contributed by atoms with Crippen LogP contribution in [-0.2, 0) is 19.7 Å². The van der Waals surface area contributed by atoms with Crippen LogP contribution in [0.4, 0.5) is 15.1 Å². The number of amides is 1. The first-order valence-corrected chi connectivity index (χ1v) is 10.6. The van der Waals surface area contributed by atoms with E-state index in [0.29, 0.717) is 43.3 Å². The molecule has 1 aromatic heterocycles. The zero-order valence-electron chi connectivity index (χ0n) is 19.2. The van der Waals surface area contributed by atoms with Gasteiger partial charge in [-0.05, 0) is 38.5 Å². The molecule has 1 fully saturated rings. The van der Waals surface area contributed by atoms with E-state index in [1.807, 2.05) is 25.7 Å². The second-order valence-corrected chi connectivity index (χ2v) is 8.79. The Labute approximate surface area is 192 Å². The summed E-state index contributed by atoms with van der Waals surface area (Å²) in [4.78, 5) is 37.3. The minimum Gasteiger partial charge on any atom is -0.468 e. The predicted molar refractivity (Wildman–Crippen MR) is 118 cm³/mol. The molecule has 0 bridgehead atoms. The summed E-state index contributed by atoms with van der Waals surface area (Å²) in [6, 6.07) is 5.27. The maximum atomic E-state index is 13.4. The third-order valence-electron chi connectivity index (χ3n) is 5.45. The number of halogens is 1. The van der Waals surface area contributed by atoms with Crippen molar-refractivity contribution in [3.05, 3.63) is 53.6 Å². The lowest BCUT2D eigenvalue weighted by molar-refractivity contribution is -0.147. The van der Waals surface area contributed by atoms with E-state index in [0.717, 1.165) is 0 Å². The number of aromatic nitrogens is 2. The topological polar surface area (TPSA) is 105 Å². The summed E-state index contributed by atoms with van der Waals surface area (Å²) >= 11 is 0. The number of benzene rings is 1. The minimum absolute atomic E-state index is 0.319. The Morgan fingerprint density at radius 2 is 1.61 bits per heavy atom. The van der Waals surface area contributed by atoms with Gasteiger partial charge in [-0.15, -0.1) is 0 Å². The van der Waals surface area contributed by atoms with Crippen molar-refractivity contribution in [2.75, 3.05) is 44.8 Å². The van der Waals surface area contributed by atoms with Crippen molar-refractivity contribution in [1.82, 2.24) is 14.9 Å². The minimum atomic E-state index is -1.59. The Morgan fingerprint density at radius 1 is 1.03 bits per heavy atom. The highest BCUT2D eigenvalue weighted by atomic mass is 19.1. The van der Waals surface area contributed by atoms with Crippen LogP contribution in [0.3, 0.4) is 0 Å². The molecule has 1 amide bonds. The lowest BCUT2D eigenvalue weighted by atomic mass is 9.76. The summed E-state index contributed by atoms with van der Waals surface area (Å²) in [6.07, 6.45) is 2.56. The second kappa shape index (κ2) is 9.70. The lowest BCUT2D eigenvalue weighted by Gasteiger charge is -2.35.